The van der Waals surface area contributed by atoms with Crippen molar-refractivity contribution in [1.82, 2.24) is 9.80 Å². The van der Waals surface area contributed by atoms with E-state index in [-0.39, 0.29) is 24.4 Å². The van der Waals surface area contributed by atoms with Gasteiger partial charge >= 0.3 is 6.18 Å². The lowest BCUT2D eigenvalue weighted by atomic mass is 9.92. The molecule has 0 amide bonds. The van der Waals surface area contributed by atoms with E-state index in [1.807, 2.05) is 0 Å². The minimum absolute atomic E-state index is 0.0404. The lowest BCUT2D eigenvalue weighted by Crippen LogP contribution is -2.48. The summed E-state index contributed by atoms with van der Waals surface area (Å²) in [5.41, 5.74) is 1.82. The average molecular weight is 408 g/mol. The van der Waals surface area contributed by atoms with Crippen LogP contribution < -0.4 is 0 Å². The van der Waals surface area contributed by atoms with Crippen LogP contribution in [0.25, 0.3) is 0 Å². The van der Waals surface area contributed by atoms with Gasteiger partial charge in [0, 0.05) is 44.7 Å². The molecule has 2 aromatic carbocycles. The zero-order valence-corrected chi connectivity index (χ0v) is 16.0. The van der Waals surface area contributed by atoms with E-state index in [1.54, 1.807) is 18.2 Å². The molecule has 1 aliphatic heterocycles. The van der Waals surface area contributed by atoms with Crippen LogP contribution in [0.4, 0.5) is 17.6 Å². The SMILES string of the molecule is OCCN1CCN([C@H]2C[C@H](c3ccc(F)cc3)c3cc(C(F)(F)F)ccc32)CC1. The van der Waals surface area contributed by atoms with E-state index < -0.39 is 11.7 Å². The van der Waals surface area contributed by atoms with Crippen molar-refractivity contribution >= 4 is 0 Å². The molecule has 7 heteroatoms. The van der Waals surface area contributed by atoms with Gasteiger partial charge in [-0.05, 0) is 47.4 Å². The molecule has 1 N–H and O–H groups in total. The van der Waals surface area contributed by atoms with E-state index in [2.05, 4.69) is 9.80 Å². The Morgan fingerprint density at radius 3 is 2.24 bits per heavy atom. The number of hydrogen-bond acceptors (Lipinski definition) is 3. The molecule has 2 aromatic rings. The van der Waals surface area contributed by atoms with Crippen molar-refractivity contribution in [2.45, 2.75) is 24.6 Å². The van der Waals surface area contributed by atoms with E-state index in [0.29, 0.717) is 18.5 Å². The summed E-state index contributed by atoms with van der Waals surface area (Å²) in [5.74, 6) is -0.541. The van der Waals surface area contributed by atoms with E-state index in [4.69, 9.17) is 5.11 Å². The summed E-state index contributed by atoms with van der Waals surface area (Å²) in [5, 5.41) is 9.12. The highest BCUT2D eigenvalue weighted by molar-refractivity contribution is 5.47. The van der Waals surface area contributed by atoms with Crippen LogP contribution in [0.5, 0.6) is 0 Å². The maximum Gasteiger partial charge on any atom is 0.416 e. The van der Waals surface area contributed by atoms with Crippen molar-refractivity contribution in [3.05, 3.63) is 70.5 Å². The molecule has 2 aliphatic rings. The maximum atomic E-state index is 13.4. The first-order valence-electron chi connectivity index (χ1n) is 9.90. The van der Waals surface area contributed by atoms with Gasteiger partial charge in [-0.2, -0.15) is 13.2 Å². The number of hydrogen-bond donors (Lipinski definition) is 1. The predicted octanol–water partition coefficient (Wildman–Crippen LogP) is 4.03. The summed E-state index contributed by atoms with van der Waals surface area (Å²) in [6, 6.07) is 10.2. The Morgan fingerprint density at radius 2 is 1.62 bits per heavy atom. The van der Waals surface area contributed by atoms with Gasteiger partial charge in [-0.15, -0.1) is 0 Å². The van der Waals surface area contributed by atoms with Crippen LogP contribution in [-0.4, -0.2) is 54.2 Å². The molecular formula is C22H24F4N2O. The summed E-state index contributed by atoms with van der Waals surface area (Å²) in [6.07, 6.45) is -3.71. The predicted molar refractivity (Wildman–Crippen MR) is 102 cm³/mol. The van der Waals surface area contributed by atoms with Gasteiger partial charge in [-0.1, -0.05) is 18.2 Å². The zero-order valence-electron chi connectivity index (χ0n) is 16.0. The van der Waals surface area contributed by atoms with Crippen LogP contribution in [0.15, 0.2) is 42.5 Å². The number of halogens is 4. The molecule has 29 heavy (non-hydrogen) atoms. The first kappa shape index (κ1) is 20.3. The first-order chi connectivity index (χ1) is 13.9. The van der Waals surface area contributed by atoms with Crippen LogP contribution in [0.3, 0.4) is 0 Å². The number of benzene rings is 2. The highest BCUT2D eigenvalue weighted by Crippen LogP contribution is 2.48. The zero-order chi connectivity index (χ0) is 20.6. The van der Waals surface area contributed by atoms with Gasteiger partial charge in [0.1, 0.15) is 5.82 Å². The summed E-state index contributed by atoms with van der Waals surface area (Å²) in [6.45, 7) is 4.03. The van der Waals surface area contributed by atoms with Crippen LogP contribution in [-0.2, 0) is 6.18 Å². The molecule has 156 valence electrons. The highest BCUT2D eigenvalue weighted by Gasteiger charge is 2.39. The van der Waals surface area contributed by atoms with Gasteiger partial charge in [0.15, 0.2) is 0 Å². The van der Waals surface area contributed by atoms with Crippen molar-refractivity contribution in [2.75, 3.05) is 39.3 Å². The number of piperazine rings is 1. The summed E-state index contributed by atoms with van der Waals surface area (Å²) >= 11 is 0. The quantitative estimate of drug-likeness (QED) is 0.774. The largest absolute Gasteiger partial charge is 0.416 e. The molecule has 0 saturated carbocycles. The molecule has 0 unspecified atom stereocenters. The average Bonchev–Trinajstić information content (AvgIpc) is 3.08. The van der Waals surface area contributed by atoms with Crippen molar-refractivity contribution in [3.8, 4) is 0 Å². The monoisotopic (exact) mass is 408 g/mol. The summed E-state index contributed by atoms with van der Waals surface area (Å²) in [7, 11) is 0. The van der Waals surface area contributed by atoms with Crippen LogP contribution in [0, 0.1) is 5.82 Å². The number of nitrogens with zero attached hydrogens (tertiary/aromatic N) is 2. The molecule has 1 heterocycles. The van der Waals surface area contributed by atoms with E-state index in [9.17, 15) is 17.6 Å². The normalized spacial score (nSPS) is 23.3. The molecule has 0 spiro atoms. The first-order valence-corrected chi connectivity index (χ1v) is 9.90. The van der Waals surface area contributed by atoms with Gasteiger partial charge in [0.2, 0.25) is 0 Å². The number of fused-ring (bicyclic) bond motifs is 1. The smallest absolute Gasteiger partial charge is 0.395 e. The molecule has 3 nitrogen and oxygen atoms in total. The second kappa shape index (κ2) is 8.05. The van der Waals surface area contributed by atoms with Gasteiger partial charge in [0.05, 0.1) is 12.2 Å². The Balaban J connectivity index is 1.65. The summed E-state index contributed by atoms with van der Waals surface area (Å²) < 4.78 is 53.3. The minimum Gasteiger partial charge on any atom is -0.395 e. The van der Waals surface area contributed by atoms with E-state index >= 15 is 0 Å². The molecule has 0 aromatic heterocycles. The highest BCUT2D eigenvalue weighted by atomic mass is 19.4. The molecule has 0 bridgehead atoms. The van der Waals surface area contributed by atoms with Gasteiger partial charge < -0.3 is 5.11 Å². The van der Waals surface area contributed by atoms with E-state index in [1.165, 1.54) is 24.3 Å². The second-order valence-corrected chi connectivity index (χ2v) is 7.80. The van der Waals surface area contributed by atoms with Crippen molar-refractivity contribution in [2.24, 2.45) is 0 Å². The molecular weight excluding hydrogens is 384 g/mol. The van der Waals surface area contributed by atoms with Crippen molar-refractivity contribution in [3.63, 3.8) is 0 Å². The fourth-order valence-corrected chi connectivity index (χ4v) is 4.63. The third-order valence-electron chi connectivity index (χ3n) is 6.14. The van der Waals surface area contributed by atoms with Crippen LogP contribution >= 0.6 is 0 Å². The van der Waals surface area contributed by atoms with Crippen LogP contribution in [0.2, 0.25) is 0 Å². The van der Waals surface area contributed by atoms with Gasteiger partial charge in [-0.3, -0.25) is 9.80 Å². The second-order valence-electron chi connectivity index (χ2n) is 7.80. The Kier molecular flexibility index (Phi) is 5.64. The molecule has 2 atom stereocenters. The van der Waals surface area contributed by atoms with E-state index in [0.717, 1.165) is 37.3 Å². The third-order valence-corrected chi connectivity index (χ3v) is 6.14. The minimum atomic E-state index is -4.39. The topological polar surface area (TPSA) is 26.7 Å². The molecule has 1 fully saturated rings. The number of aliphatic hydroxyl groups excluding tert-OH is 1. The number of β-amino-alcohol motifs (C(OH)–C–C–N with tert-alkyl or cyclic N) is 1. The Labute approximate surface area is 167 Å². The molecule has 0 radical (unpaired) electrons. The maximum absolute atomic E-state index is 13.4. The number of aliphatic hydroxyl groups is 1. The van der Waals surface area contributed by atoms with Crippen molar-refractivity contribution in [1.29, 1.82) is 0 Å². The van der Waals surface area contributed by atoms with Crippen LogP contribution in [0.1, 0.15) is 40.6 Å². The fraction of sp³-hybridized carbons (Fsp3) is 0.455. The summed E-state index contributed by atoms with van der Waals surface area (Å²) in [4.78, 5) is 4.51. The number of alkyl halides is 3. The molecule has 1 saturated heterocycles. The Bertz CT molecular complexity index is 845. The van der Waals surface area contributed by atoms with Gasteiger partial charge in [-0.25, -0.2) is 4.39 Å². The van der Waals surface area contributed by atoms with Crippen molar-refractivity contribution < 1.29 is 22.7 Å². The fourth-order valence-electron chi connectivity index (χ4n) is 4.63. The lowest BCUT2D eigenvalue weighted by molar-refractivity contribution is -0.137. The molecule has 4 rings (SSSR count). The standard InChI is InChI=1S/C22H24F4N2O/c23-17-4-1-15(2-5-17)19-14-21(28-9-7-27(8-10-28)11-12-29)18-6-3-16(13-20(18)19)22(24,25)26/h1-6,13,19,21,29H,7-12,14H2/t19-,21+/m1/s1. The molecule has 1 aliphatic carbocycles. The Morgan fingerprint density at radius 1 is 0.931 bits per heavy atom. The number of rotatable bonds is 4. The third kappa shape index (κ3) is 4.17. The lowest BCUT2D eigenvalue weighted by Gasteiger charge is -2.38. The Hall–Kier alpha value is -1.96. The van der Waals surface area contributed by atoms with Gasteiger partial charge in [0.25, 0.3) is 0 Å².